The number of carbonyl (C=O) groups excluding carboxylic acids is 1. The maximum Gasteiger partial charge on any atom is 0.203 e. The first-order valence-electron chi connectivity index (χ1n) is 12.2. The standard InChI is InChI=1S/C30H38O7/c1-30(2,3)22-16-20(10-18-12-23(32-4)28(36-8)24(13-18)33-5)27(31)21(17-22)11-19-14-25(34-6)29(37-9)26(15-19)35-7/h10-15,22H,16-17H2,1-9H3/b20-10-,21-11+. The summed E-state index contributed by atoms with van der Waals surface area (Å²) in [6.07, 6.45) is 5.19. The molecule has 7 nitrogen and oxygen atoms in total. The van der Waals surface area contributed by atoms with Gasteiger partial charge in [0.05, 0.1) is 42.7 Å². The average Bonchev–Trinajstić information content (AvgIpc) is 2.88. The first-order chi connectivity index (χ1) is 17.6. The van der Waals surface area contributed by atoms with Crippen LogP contribution in [0.3, 0.4) is 0 Å². The van der Waals surface area contributed by atoms with E-state index in [2.05, 4.69) is 20.8 Å². The van der Waals surface area contributed by atoms with Gasteiger partial charge in [0.15, 0.2) is 28.8 Å². The van der Waals surface area contributed by atoms with Crippen LogP contribution in [0.5, 0.6) is 34.5 Å². The normalized spacial score (nSPS) is 18.1. The second-order valence-electron chi connectivity index (χ2n) is 10.1. The van der Waals surface area contributed by atoms with Crippen molar-refractivity contribution >= 4 is 17.9 Å². The van der Waals surface area contributed by atoms with Crippen LogP contribution in [0.2, 0.25) is 0 Å². The summed E-state index contributed by atoms with van der Waals surface area (Å²) in [6.45, 7) is 6.63. The Balaban J connectivity index is 2.13. The van der Waals surface area contributed by atoms with Gasteiger partial charge in [-0.1, -0.05) is 20.8 Å². The number of benzene rings is 2. The number of Topliss-reactive ketones (excluding diaryl/α,β-unsaturated/α-hetero) is 1. The van der Waals surface area contributed by atoms with Gasteiger partial charge in [-0.25, -0.2) is 0 Å². The minimum Gasteiger partial charge on any atom is -0.493 e. The molecule has 0 bridgehead atoms. The van der Waals surface area contributed by atoms with Gasteiger partial charge in [0.25, 0.3) is 0 Å². The number of ether oxygens (including phenoxy) is 6. The van der Waals surface area contributed by atoms with E-state index in [-0.39, 0.29) is 17.1 Å². The van der Waals surface area contributed by atoms with Crippen LogP contribution in [-0.4, -0.2) is 48.4 Å². The maximum atomic E-state index is 13.8. The van der Waals surface area contributed by atoms with E-state index in [1.165, 1.54) is 0 Å². The van der Waals surface area contributed by atoms with Gasteiger partial charge in [0.1, 0.15) is 0 Å². The molecule has 0 N–H and O–H groups in total. The molecule has 200 valence electrons. The van der Waals surface area contributed by atoms with E-state index in [4.69, 9.17) is 28.4 Å². The fraction of sp³-hybridized carbons (Fsp3) is 0.433. The van der Waals surface area contributed by atoms with Crippen molar-refractivity contribution in [3.63, 3.8) is 0 Å². The number of rotatable bonds is 8. The molecule has 0 radical (unpaired) electrons. The molecule has 1 atom stereocenters. The first kappa shape index (κ1) is 28.0. The van der Waals surface area contributed by atoms with Crippen molar-refractivity contribution in [1.82, 2.24) is 0 Å². The van der Waals surface area contributed by atoms with Crippen LogP contribution in [0, 0.1) is 11.3 Å². The summed E-state index contributed by atoms with van der Waals surface area (Å²) in [4.78, 5) is 13.8. The third kappa shape index (κ3) is 6.04. The molecule has 0 saturated heterocycles. The highest BCUT2D eigenvalue weighted by atomic mass is 16.5. The van der Waals surface area contributed by atoms with Crippen LogP contribution in [0.4, 0.5) is 0 Å². The molecule has 0 spiro atoms. The number of ketones is 1. The van der Waals surface area contributed by atoms with E-state index in [0.717, 1.165) is 22.3 Å². The minimum absolute atomic E-state index is 0.00343. The zero-order valence-corrected chi connectivity index (χ0v) is 23.3. The predicted octanol–water partition coefficient (Wildman–Crippen LogP) is 6.23. The molecule has 37 heavy (non-hydrogen) atoms. The highest BCUT2D eigenvalue weighted by Crippen LogP contribution is 2.44. The Morgan fingerprint density at radius 1 is 0.622 bits per heavy atom. The van der Waals surface area contributed by atoms with Crippen LogP contribution in [0.25, 0.3) is 12.2 Å². The third-order valence-electron chi connectivity index (χ3n) is 6.80. The zero-order valence-electron chi connectivity index (χ0n) is 23.3. The lowest BCUT2D eigenvalue weighted by molar-refractivity contribution is -0.113. The monoisotopic (exact) mass is 510 g/mol. The van der Waals surface area contributed by atoms with Crippen molar-refractivity contribution in [2.75, 3.05) is 42.7 Å². The van der Waals surface area contributed by atoms with E-state index < -0.39 is 0 Å². The second kappa shape index (κ2) is 11.6. The number of hydrogen-bond donors (Lipinski definition) is 0. The van der Waals surface area contributed by atoms with Crippen LogP contribution in [0.1, 0.15) is 44.7 Å². The molecule has 1 aliphatic carbocycles. The molecule has 0 amide bonds. The van der Waals surface area contributed by atoms with Gasteiger partial charge in [-0.15, -0.1) is 0 Å². The minimum atomic E-state index is 0.00343. The van der Waals surface area contributed by atoms with Crippen molar-refractivity contribution < 1.29 is 33.2 Å². The molecule has 0 heterocycles. The van der Waals surface area contributed by atoms with E-state index in [1.54, 1.807) is 42.7 Å². The molecule has 3 rings (SSSR count). The molecular formula is C30H38O7. The molecule has 0 aliphatic heterocycles. The van der Waals surface area contributed by atoms with Crippen molar-refractivity contribution in [3.05, 3.63) is 46.5 Å². The molecule has 2 aromatic carbocycles. The zero-order chi connectivity index (χ0) is 27.3. The number of allylic oxidation sites excluding steroid dienone is 2. The van der Waals surface area contributed by atoms with Crippen molar-refractivity contribution in [3.8, 4) is 34.5 Å². The highest BCUT2D eigenvalue weighted by molar-refractivity contribution is 6.14. The van der Waals surface area contributed by atoms with Gasteiger partial charge in [0, 0.05) is 11.1 Å². The summed E-state index contributed by atoms with van der Waals surface area (Å²) in [5.41, 5.74) is 3.08. The molecule has 1 fully saturated rings. The topological polar surface area (TPSA) is 72.5 Å². The van der Waals surface area contributed by atoms with Crippen molar-refractivity contribution in [2.24, 2.45) is 11.3 Å². The van der Waals surface area contributed by atoms with Crippen LogP contribution >= 0.6 is 0 Å². The Morgan fingerprint density at radius 3 is 1.19 bits per heavy atom. The Morgan fingerprint density at radius 2 is 0.946 bits per heavy atom. The Bertz CT molecular complexity index is 1070. The number of methoxy groups -OCH3 is 6. The summed E-state index contributed by atoms with van der Waals surface area (Å²) in [6, 6.07) is 7.41. The Hall–Kier alpha value is -3.61. The maximum absolute atomic E-state index is 13.8. The van der Waals surface area contributed by atoms with E-state index in [1.807, 2.05) is 36.4 Å². The SMILES string of the molecule is COc1cc(/C=C2/CC(C(C)(C)C)C/C(=C\c3cc(OC)c(OC)c(OC)c3)C2=O)cc(OC)c1OC. The van der Waals surface area contributed by atoms with Gasteiger partial charge in [-0.2, -0.15) is 0 Å². The third-order valence-corrected chi connectivity index (χ3v) is 6.80. The molecule has 2 aromatic rings. The number of hydrogen-bond acceptors (Lipinski definition) is 7. The molecule has 1 saturated carbocycles. The van der Waals surface area contributed by atoms with Gasteiger partial charge in [-0.3, -0.25) is 4.79 Å². The summed E-state index contributed by atoms with van der Waals surface area (Å²) in [5.74, 6) is 3.47. The van der Waals surface area contributed by atoms with Crippen LogP contribution < -0.4 is 28.4 Å². The second-order valence-corrected chi connectivity index (χ2v) is 10.1. The van der Waals surface area contributed by atoms with Crippen LogP contribution in [-0.2, 0) is 4.79 Å². The summed E-state index contributed by atoms with van der Waals surface area (Å²) in [5, 5.41) is 0. The molecular weight excluding hydrogens is 472 g/mol. The molecule has 1 aliphatic rings. The van der Waals surface area contributed by atoms with Gasteiger partial charge in [-0.05, 0) is 71.7 Å². The number of carbonyl (C=O) groups is 1. The highest BCUT2D eigenvalue weighted by Gasteiger charge is 2.34. The summed E-state index contributed by atoms with van der Waals surface area (Å²) >= 11 is 0. The van der Waals surface area contributed by atoms with E-state index in [9.17, 15) is 4.79 Å². The fourth-order valence-corrected chi connectivity index (χ4v) is 4.63. The van der Waals surface area contributed by atoms with Crippen molar-refractivity contribution in [1.29, 1.82) is 0 Å². The molecule has 0 aromatic heterocycles. The average molecular weight is 511 g/mol. The lowest BCUT2D eigenvalue weighted by atomic mass is 9.68. The van der Waals surface area contributed by atoms with Crippen LogP contribution in [0.15, 0.2) is 35.4 Å². The van der Waals surface area contributed by atoms with E-state index >= 15 is 0 Å². The van der Waals surface area contributed by atoms with Gasteiger partial charge < -0.3 is 28.4 Å². The lowest BCUT2D eigenvalue weighted by Crippen LogP contribution is -2.29. The molecule has 7 heteroatoms. The predicted molar refractivity (Wildman–Crippen MR) is 145 cm³/mol. The first-order valence-corrected chi connectivity index (χ1v) is 12.2. The molecule has 1 unspecified atom stereocenters. The smallest absolute Gasteiger partial charge is 0.203 e. The van der Waals surface area contributed by atoms with Crippen molar-refractivity contribution in [2.45, 2.75) is 33.6 Å². The quantitative estimate of drug-likeness (QED) is 0.390. The van der Waals surface area contributed by atoms with Gasteiger partial charge >= 0.3 is 0 Å². The lowest BCUT2D eigenvalue weighted by Gasteiger charge is -2.35. The Labute approximate surface area is 220 Å². The largest absolute Gasteiger partial charge is 0.493 e. The van der Waals surface area contributed by atoms with E-state index in [0.29, 0.717) is 47.3 Å². The summed E-state index contributed by atoms with van der Waals surface area (Å²) in [7, 11) is 9.44. The summed E-state index contributed by atoms with van der Waals surface area (Å²) < 4.78 is 32.9. The fourth-order valence-electron chi connectivity index (χ4n) is 4.63. The Kier molecular flexibility index (Phi) is 8.79. The van der Waals surface area contributed by atoms with Gasteiger partial charge in [0.2, 0.25) is 11.5 Å².